The number of benzene rings is 1. The van der Waals surface area contributed by atoms with Crippen molar-refractivity contribution in [2.75, 3.05) is 6.61 Å². The summed E-state index contributed by atoms with van der Waals surface area (Å²) in [5.74, 6) is 0.423. The Balaban J connectivity index is 1.95. The predicted octanol–water partition coefficient (Wildman–Crippen LogP) is 1.77. The number of hydrogen-bond donors (Lipinski definition) is 2. The van der Waals surface area contributed by atoms with Crippen molar-refractivity contribution in [3.8, 4) is 11.8 Å². The van der Waals surface area contributed by atoms with Crippen molar-refractivity contribution in [2.24, 2.45) is 5.92 Å². The first-order chi connectivity index (χ1) is 10.4. The molecule has 0 unspecified atom stereocenters. The highest BCUT2D eigenvalue weighted by Crippen LogP contribution is 2.21. The molecule has 0 saturated carbocycles. The van der Waals surface area contributed by atoms with Crippen molar-refractivity contribution in [3.63, 3.8) is 0 Å². The summed E-state index contributed by atoms with van der Waals surface area (Å²) in [5.41, 5.74) is -0.486. The third-order valence-corrected chi connectivity index (χ3v) is 3.63. The van der Waals surface area contributed by atoms with E-state index in [4.69, 9.17) is 15.1 Å². The van der Waals surface area contributed by atoms with E-state index in [1.165, 1.54) is 0 Å². The van der Waals surface area contributed by atoms with Gasteiger partial charge in [0.1, 0.15) is 5.75 Å². The molecule has 0 radical (unpaired) electrons. The van der Waals surface area contributed by atoms with E-state index in [2.05, 4.69) is 5.32 Å². The Hall–Kier alpha value is -2.32. The molecule has 1 aromatic rings. The summed E-state index contributed by atoms with van der Waals surface area (Å²) in [6.07, 6.45) is 4.52. The van der Waals surface area contributed by atoms with E-state index >= 15 is 0 Å². The number of rotatable bonds is 5. The fraction of sp³-hybridized carbons (Fsp3) is 0.412. The fourth-order valence-electron chi connectivity index (χ4n) is 2.30. The lowest BCUT2D eigenvalue weighted by molar-refractivity contribution is -0.134. The molecule has 0 spiro atoms. The van der Waals surface area contributed by atoms with Crippen LogP contribution in [-0.2, 0) is 4.79 Å². The third kappa shape index (κ3) is 3.86. The summed E-state index contributed by atoms with van der Waals surface area (Å²) in [7, 11) is 0. The van der Waals surface area contributed by atoms with Crippen LogP contribution in [0.4, 0.5) is 0 Å². The standard InChI is InChI=1S/C17H20N2O3/c1-17(2,22-15-7-4-12(10-18)5-8-15)16(21)19-14-6-3-13(9-14)11-20/h3-8,13-14,20H,9,11H2,1-2H3,(H,19,21)/t13-,14+/m0/s1. The van der Waals surface area contributed by atoms with Crippen LogP contribution in [-0.4, -0.2) is 29.3 Å². The number of hydrogen-bond acceptors (Lipinski definition) is 4. The van der Waals surface area contributed by atoms with Crippen LogP contribution in [0.2, 0.25) is 0 Å². The second kappa shape index (κ2) is 6.63. The summed E-state index contributed by atoms with van der Waals surface area (Å²) >= 11 is 0. The van der Waals surface area contributed by atoms with Gasteiger partial charge in [0.25, 0.3) is 5.91 Å². The minimum absolute atomic E-state index is 0.0755. The second-order valence-electron chi connectivity index (χ2n) is 5.89. The minimum Gasteiger partial charge on any atom is -0.478 e. The van der Waals surface area contributed by atoms with Gasteiger partial charge in [-0.1, -0.05) is 12.2 Å². The Kier molecular flexibility index (Phi) is 4.84. The van der Waals surface area contributed by atoms with Crippen LogP contribution in [0.25, 0.3) is 0 Å². The molecule has 0 aliphatic heterocycles. The molecule has 0 heterocycles. The van der Waals surface area contributed by atoms with Gasteiger partial charge in [0.15, 0.2) is 5.60 Å². The Morgan fingerprint density at radius 3 is 2.64 bits per heavy atom. The van der Waals surface area contributed by atoms with Crippen LogP contribution in [0.5, 0.6) is 5.75 Å². The molecule has 2 atom stereocenters. The Labute approximate surface area is 130 Å². The van der Waals surface area contributed by atoms with Crippen molar-refractivity contribution in [3.05, 3.63) is 42.0 Å². The SMILES string of the molecule is CC(C)(Oc1ccc(C#N)cc1)C(=O)N[C@@H]1C=C[C@H](CO)C1. The van der Waals surface area contributed by atoms with Gasteiger partial charge >= 0.3 is 0 Å². The molecule has 1 aliphatic rings. The molecular weight excluding hydrogens is 280 g/mol. The van der Waals surface area contributed by atoms with Crippen molar-refractivity contribution < 1.29 is 14.6 Å². The van der Waals surface area contributed by atoms with Gasteiger partial charge in [-0.25, -0.2) is 0 Å². The molecule has 5 heteroatoms. The summed E-state index contributed by atoms with van der Waals surface area (Å²) in [6.45, 7) is 3.49. The zero-order chi connectivity index (χ0) is 16.2. The number of aliphatic hydroxyl groups is 1. The van der Waals surface area contributed by atoms with E-state index in [1.807, 2.05) is 18.2 Å². The lowest BCUT2D eigenvalue weighted by atomic mass is 10.1. The fourth-order valence-corrected chi connectivity index (χ4v) is 2.30. The van der Waals surface area contributed by atoms with Gasteiger partial charge < -0.3 is 15.2 Å². The smallest absolute Gasteiger partial charge is 0.264 e. The van der Waals surface area contributed by atoms with Crippen LogP contribution in [0.1, 0.15) is 25.8 Å². The van der Waals surface area contributed by atoms with Crippen molar-refractivity contribution in [2.45, 2.75) is 31.9 Å². The van der Waals surface area contributed by atoms with Crippen molar-refractivity contribution in [1.82, 2.24) is 5.32 Å². The van der Waals surface area contributed by atoms with Crippen molar-refractivity contribution >= 4 is 5.91 Å². The number of nitrogens with zero attached hydrogens (tertiary/aromatic N) is 1. The van der Waals surface area contributed by atoms with Gasteiger partial charge in [0.2, 0.25) is 0 Å². The predicted molar refractivity (Wildman–Crippen MR) is 82.1 cm³/mol. The summed E-state index contributed by atoms with van der Waals surface area (Å²) < 4.78 is 5.73. The van der Waals surface area contributed by atoms with E-state index in [-0.39, 0.29) is 24.5 Å². The molecule has 1 aromatic carbocycles. The first kappa shape index (κ1) is 16.1. The molecular formula is C17H20N2O3. The van der Waals surface area contributed by atoms with E-state index in [0.29, 0.717) is 17.7 Å². The maximum atomic E-state index is 12.4. The lowest BCUT2D eigenvalue weighted by Gasteiger charge is -2.27. The third-order valence-electron chi connectivity index (χ3n) is 3.63. The molecule has 2 rings (SSSR count). The zero-order valence-corrected chi connectivity index (χ0v) is 12.7. The van der Waals surface area contributed by atoms with Crippen LogP contribution in [0.3, 0.4) is 0 Å². The molecule has 5 nitrogen and oxygen atoms in total. The highest BCUT2D eigenvalue weighted by Gasteiger charge is 2.32. The molecule has 1 amide bonds. The summed E-state index contributed by atoms with van der Waals surface area (Å²) in [5, 5.41) is 20.8. The van der Waals surface area contributed by atoms with Crippen LogP contribution >= 0.6 is 0 Å². The monoisotopic (exact) mass is 300 g/mol. The van der Waals surface area contributed by atoms with Crippen LogP contribution in [0.15, 0.2) is 36.4 Å². The normalized spacial score (nSPS) is 20.5. The molecule has 0 saturated heterocycles. The number of amides is 1. The minimum atomic E-state index is -1.03. The topological polar surface area (TPSA) is 82.3 Å². The average molecular weight is 300 g/mol. The van der Waals surface area contributed by atoms with Crippen LogP contribution < -0.4 is 10.1 Å². The van der Waals surface area contributed by atoms with Gasteiger partial charge in [-0.05, 0) is 44.5 Å². The quantitative estimate of drug-likeness (QED) is 0.812. The number of nitrogens with one attached hydrogen (secondary N) is 1. The number of carbonyl (C=O) groups is 1. The molecule has 22 heavy (non-hydrogen) atoms. The van der Waals surface area contributed by atoms with E-state index < -0.39 is 5.60 Å². The zero-order valence-electron chi connectivity index (χ0n) is 12.7. The summed E-state index contributed by atoms with van der Waals surface area (Å²) in [6, 6.07) is 8.60. The van der Waals surface area contributed by atoms with Crippen LogP contribution in [0, 0.1) is 17.2 Å². The Morgan fingerprint density at radius 1 is 1.41 bits per heavy atom. The Bertz CT molecular complexity index is 599. The number of ether oxygens (including phenoxy) is 1. The number of nitriles is 1. The molecule has 116 valence electrons. The maximum Gasteiger partial charge on any atom is 0.264 e. The van der Waals surface area contributed by atoms with Gasteiger partial charge in [-0.3, -0.25) is 4.79 Å². The van der Waals surface area contributed by atoms with Gasteiger partial charge in [0.05, 0.1) is 11.6 Å². The Morgan fingerprint density at radius 2 is 2.09 bits per heavy atom. The first-order valence-electron chi connectivity index (χ1n) is 7.24. The molecule has 0 aromatic heterocycles. The molecule has 1 aliphatic carbocycles. The number of aliphatic hydroxyl groups excluding tert-OH is 1. The second-order valence-corrected chi connectivity index (χ2v) is 5.89. The summed E-state index contributed by atoms with van der Waals surface area (Å²) in [4.78, 5) is 12.4. The average Bonchev–Trinajstić information content (AvgIpc) is 2.95. The lowest BCUT2D eigenvalue weighted by Crippen LogP contribution is -2.49. The molecule has 2 N–H and O–H groups in total. The van der Waals surface area contributed by atoms with Crippen molar-refractivity contribution in [1.29, 1.82) is 5.26 Å². The van der Waals surface area contributed by atoms with E-state index in [0.717, 1.165) is 0 Å². The first-order valence-corrected chi connectivity index (χ1v) is 7.24. The molecule has 0 fully saturated rings. The highest BCUT2D eigenvalue weighted by molar-refractivity contribution is 5.85. The van der Waals surface area contributed by atoms with E-state index in [9.17, 15) is 4.79 Å². The number of carbonyl (C=O) groups excluding carboxylic acids is 1. The molecule has 0 bridgehead atoms. The maximum absolute atomic E-state index is 12.4. The van der Waals surface area contributed by atoms with Gasteiger partial charge in [0, 0.05) is 18.6 Å². The highest BCUT2D eigenvalue weighted by atomic mass is 16.5. The van der Waals surface area contributed by atoms with E-state index in [1.54, 1.807) is 38.1 Å². The van der Waals surface area contributed by atoms with Gasteiger partial charge in [-0.15, -0.1) is 0 Å². The largest absolute Gasteiger partial charge is 0.478 e. The van der Waals surface area contributed by atoms with Gasteiger partial charge in [-0.2, -0.15) is 5.26 Å².